The highest BCUT2D eigenvalue weighted by Crippen LogP contribution is 2.22. The van der Waals surface area contributed by atoms with E-state index in [1.165, 1.54) is 11.1 Å². The highest BCUT2D eigenvalue weighted by Gasteiger charge is 2.19. The molecule has 0 saturated heterocycles. The number of aromatic nitrogens is 1. The number of hydrogen-bond acceptors (Lipinski definition) is 4. The lowest BCUT2D eigenvalue weighted by Crippen LogP contribution is -2.38. The average molecular weight is 358 g/mol. The molecule has 0 bridgehead atoms. The third-order valence-electron chi connectivity index (χ3n) is 4.05. The number of rotatable bonds is 6. The van der Waals surface area contributed by atoms with Gasteiger partial charge in [0.1, 0.15) is 11.5 Å². The lowest BCUT2D eigenvalue weighted by atomic mass is 9.94. The molecule has 0 atom stereocenters. The molecule has 2 rings (SSSR count). The number of aliphatic imine (C=N–C) groups is 1. The zero-order valence-electron chi connectivity index (χ0n) is 16.6. The Morgan fingerprint density at radius 1 is 1.27 bits per heavy atom. The van der Waals surface area contributed by atoms with Crippen molar-refractivity contribution in [3.05, 3.63) is 47.2 Å². The number of ether oxygens (including phenoxy) is 1. The quantitative estimate of drug-likeness (QED) is 0.613. The molecule has 0 amide bonds. The van der Waals surface area contributed by atoms with Gasteiger partial charge in [0, 0.05) is 19.0 Å². The number of benzene rings is 1. The molecule has 2 aromatic rings. The van der Waals surface area contributed by atoms with Crippen LogP contribution in [-0.2, 0) is 18.4 Å². The summed E-state index contributed by atoms with van der Waals surface area (Å²) in [6, 6.07) is 6.21. The maximum atomic E-state index is 5.79. The van der Waals surface area contributed by atoms with Crippen molar-refractivity contribution >= 4 is 5.96 Å². The van der Waals surface area contributed by atoms with Crippen LogP contribution in [0.3, 0.4) is 0 Å². The maximum absolute atomic E-state index is 5.79. The molecule has 142 valence electrons. The predicted octanol–water partition coefficient (Wildman–Crippen LogP) is 3.20. The van der Waals surface area contributed by atoms with Crippen molar-refractivity contribution in [2.75, 3.05) is 20.7 Å². The molecule has 0 radical (unpaired) electrons. The van der Waals surface area contributed by atoms with E-state index in [-0.39, 0.29) is 5.41 Å². The van der Waals surface area contributed by atoms with Gasteiger partial charge in [0.2, 0.25) is 5.89 Å². The fraction of sp³-hybridized carbons (Fsp3) is 0.500. The second-order valence-corrected chi connectivity index (χ2v) is 7.29. The van der Waals surface area contributed by atoms with Gasteiger partial charge in [0.25, 0.3) is 0 Å². The number of methoxy groups -OCH3 is 1. The number of oxazole rings is 1. The van der Waals surface area contributed by atoms with E-state index in [0.717, 1.165) is 24.5 Å². The van der Waals surface area contributed by atoms with Crippen LogP contribution in [-0.4, -0.2) is 31.6 Å². The molecule has 2 N–H and O–H groups in total. The minimum absolute atomic E-state index is 0.0436. The topological polar surface area (TPSA) is 71.7 Å². The fourth-order valence-electron chi connectivity index (χ4n) is 2.54. The van der Waals surface area contributed by atoms with Crippen molar-refractivity contribution in [2.24, 2.45) is 4.99 Å². The van der Waals surface area contributed by atoms with E-state index in [0.29, 0.717) is 18.4 Å². The van der Waals surface area contributed by atoms with Gasteiger partial charge >= 0.3 is 0 Å². The van der Waals surface area contributed by atoms with E-state index in [1.807, 2.05) is 6.07 Å². The van der Waals surface area contributed by atoms with Crippen LogP contribution in [0.25, 0.3) is 0 Å². The van der Waals surface area contributed by atoms with Gasteiger partial charge in [0.15, 0.2) is 5.96 Å². The zero-order valence-corrected chi connectivity index (χ0v) is 16.6. The number of aryl methyl sites for hydroxylation is 1. The van der Waals surface area contributed by atoms with Crippen molar-refractivity contribution < 1.29 is 9.15 Å². The minimum atomic E-state index is -0.0436. The van der Waals surface area contributed by atoms with Gasteiger partial charge in [-0.3, -0.25) is 4.99 Å². The molecule has 0 aliphatic carbocycles. The molecule has 6 nitrogen and oxygen atoms in total. The summed E-state index contributed by atoms with van der Waals surface area (Å²) in [5.74, 6) is 3.16. The molecule has 1 heterocycles. The highest BCUT2D eigenvalue weighted by atomic mass is 16.5. The number of nitrogens with zero attached hydrogens (tertiary/aromatic N) is 2. The second-order valence-electron chi connectivity index (χ2n) is 7.29. The van der Waals surface area contributed by atoms with E-state index in [1.54, 1.807) is 20.4 Å². The van der Waals surface area contributed by atoms with E-state index >= 15 is 0 Å². The predicted molar refractivity (Wildman–Crippen MR) is 105 cm³/mol. The van der Waals surface area contributed by atoms with Crippen molar-refractivity contribution in [3.63, 3.8) is 0 Å². The summed E-state index contributed by atoms with van der Waals surface area (Å²) in [7, 11) is 3.45. The summed E-state index contributed by atoms with van der Waals surface area (Å²) in [5, 5.41) is 6.54. The van der Waals surface area contributed by atoms with Crippen LogP contribution >= 0.6 is 0 Å². The van der Waals surface area contributed by atoms with Gasteiger partial charge in [0.05, 0.1) is 19.9 Å². The lowest BCUT2D eigenvalue weighted by molar-refractivity contribution is 0.379. The molecule has 1 aromatic heterocycles. The summed E-state index contributed by atoms with van der Waals surface area (Å²) in [5.41, 5.74) is 2.36. The van der Waals surface area contributed by atoms with Crippen LogP contribution in [0.1, 0.15) is 43.5 Å². The molecule has 0 spiro atoms. The molecule has 0 unspecified atom stereocenters. The molecule has 0 fully saturated rings. The van der Waals surface area contributed by atoms with E-state index < -0.39 is 0 Å². The highest BCUT2D eigenvalue weighted by molar-refractivity contribution is 5.79. The molecule has 1 aromatic carbocycles. The Bertz CT molecular complexity index is 745. The summed E-state index contributed by atoms with van der Waals surface area (Å²) in [6.45, 7) is 9.63. The van der Waals surface area contributed by atoms with E-state index in [9.17, 15) is 0 Å². The minimum Gasteiger partial charge on any atom is -0.496 e. The molecular weight excluding hydrogens is 328 g/mol. The first kappa shape index (κ1) is 19.8. The van der Waals surface area contributed by atoms with Crippen LogP contribution in [0, 0.1) is 6.92 Å². The van der Waals surface area contributed by atoms with Crippen LogP contribution in [0.2, 0.25) is 0 Å². The van der Waals surface area contributed by atoms with Gasteiger partial charge in [-0.15, -0.1) is 0 Å². The monoisotopic (exact) mass is 358 g/mol. The molecule has 0 aliphatic rings. The number of hydrogen-bond donors (Lipinski definition) is 2. The smallest absolute Gasteiger partial charge is 0.213 e. The Hall–Kier alpha value is -2.50. The summed E-state index contributed by atoms with van der Waals surface area (Å²) < 4.78 is 11.2. The molecular formula is C20H30N4O2. The Morgan fingerprint density at radius 3 is 2.65 bits per heavy atom. The van der Waals surface area contributed by atoms with Gasteiger partial charge < -0.3 is 19.8 Å². The molecule has 0 aliphatic heterocycles. The zero-order chi connectivity index (χ0) is 19.2. The van der Waals surface area contributed by atoms with Crippen LogP contribution in [0.4, 0.5) is 0 Å². The summed E-state index contributed by atoms with van der Waals surface area (Å²) >= 11 is 0. The van der Waals surface area contributed by atoms with Crippen LogP contribution < -0.4 is 15.4 Å². The molecule has 26 heavy (non-hydrogen) atoms. The van der Waals surface area contributed by atoms with Gasteiger partial charge in [-0.25, -0.2) is 4.98 Å². The Kier molecular flexibility index (Phi) is 6.66. The SMILES string of the molecule is CN=C(NCCc1cc(C)ccc1OC)NCc1ncc(C(C)(C)C)o1. The largest absolute Gasteiger partial charge is 0.496 e. The first-order chi connectivity index (χ1) is 12.3. The second kappa shape index (κ2) is 8.74. The molecule has 6 heteroatoms. The normalized spacial score (nSPS) is 12.2. The van der Waals surface area contributed by atoms with Crippen molar-refractivity contribution in [2.45, 2.75) is 46.1 Å². The third-order valence-corrected chi connectivity index (χ3v) is 4.05. The maximum Gasteiger partial charge on any atom is 0.213 e. The van der Waals surface area contributed by atoms with E-state index in [2.05, 4.69) is 60.4 Å². The lowest BCUT2D eigenvalue weighted by Gasteiger charge is -2.14. The van der Waals surface area contributed by atoms with Crippen LogP contribution in [0.15, 0.2) is 33.8 Å². The first-order valence-corrected chi connectivity index (χ1v) is 8.86. The summed E-state index contributed by atoms with van der Waals surface area (Å²) in [4.78, 5) is 8.56. The molecule has 0 saturated carbocycles. The fourth-order valence-corrected chi connectivity index (χ4v) is 2.54. The van der Waals surface area contributed by atoms with Gasteiger partial charge in [-0.1, -0.05) is 38.5 Å². The van der Waals surface area contributed by atoms with Crippen molar-refractivity contribution in [3.8, 4) is 5.75 Å². The van der Waals surface area contributed by atoms with E-state index in [4.69, 9.17) is 9.15 Å². The number of nitrogens with one attached hydrogen (secondary N) is 2. The Morgan fingerprint density at radius 2 is 2.04 bits per heavy atom. The number of guanidine groups is 1. The van der Waals surface area contributed by atoms with Gasteiger partial charge in [-0.2, -0.15) is 0 Å². The van der Waals surface area contributed by atoms with Crippen LogP contribution in [0.5, 0.6) is 5.75 Å². The third kappa shape index (κ3) is 5.51. The van der Waals surface area contributed by atoms with Crippen molar-refractivity contribution in [1.29, 1.82) is 0 Å². The first-order valence-electron chi connectivity index (χ1n) is 8.86. The average Bonchev–Trinajstić information content (AvgIpc) is 3.07. The standard InChI is InChI=1S/C20H30N4O2/c1-14-7-8-16(25-6)15(11-14)9-10-22-19(21-5)24-13-18-23-12-17(26-18)20(2,3)4/h7-8,11-12H,9-10,13H2,1-6H3,(H2,21,22,24). The Balaban J connectivity index is 1.85. The van der Waals surface area contributed by atoms with Gasteiger partial charge in [-0.05, 0) is 25.0 Å². The summed E-state index contributed by atoms with van der Waals surface area (Å²) in [6.07, 6.45) is 2.63. The van der Waals surface area contributed by atoms with Crippen molar-refractivity contribution in [1.82, 2.24) is 15.6 Å². The Labute approximate surface area is 156 Å².